The standard InChI is InChI=1S/C26H25N5/c1-3-7-18(8-4-1)15-24-21-13-14-27-25(21)31-26(30-24)22(17-29-31)20-11-12-23(28-16-20)19-9-5-2-6-10-19/h2,5-6,9-14,16-18,27H,1,3-4,7-8,15H2. The number of H-pyrrole nitrogens is 1. The van der Waals surface area contributed by atoms with Gasteiger partial charge in [0.1, 0.15) is 5.65 Å². The lowest BCUT2D eigenvalue weighted by Gasteiger charge is -2.21. The summed E-state index contributed by atoms with van der Waals surface area (Å²) in [5.74, 6) is 0.736. The topological polar surface area (TPSA) is 58.9 Å². The van der Waals surface area contributed by atoms with Crippen LogP contribution in [-0.4, -0.2) is 24.6 Å². The van der Waals surface area contributed by atoms with Crippen molar-refractivity contribution >= 4 is 16.7 Å². The first kappa shape index (κ1) is 18.3. The highest BCUT2D eigenvalue weighted by Crippen LogP contribution is 2.31. The number of aromatic nitrogens is 5. The van der Waals surface area contributed by atoms with Gasteiger partial charge in [-0.1, -0.05) is 68.5 Å². The molecular formula is C26H25N5. The van der Waals surface area contributed by atoms with Gasteiger partial charge in [0.05, 0.1) is 17.6 Å². The molecule has 4 aromatic heterocycles. The van der Waals surface area contributed by atoms with Gasteiger partial charge in [0.15, 0.2) is 5.65 Å². The van der Waals surface area contributed by atoms with Crippen LogP contribution >= 0.6 is 0 Å². The highest BCUT2D eigenvalue weighted by molar-refractivity contribution is 5.86. The van der Waals surface area contributed by atoms with E-state index in [1.165, 1.54) is 43.2 Å². The molecule has 6 rings (SSSR count). The second-order valence-electron chi connectivity index (χ2n) is 8.60. The number of nitrogens with one attached hydrogen (secondary N) is 1. The Morgan fingerprint density at radius 1 is 0.903 bits per heavy atom. The van der Waals surface area contributed by atoms with E-state index in [-0.39, 0.29) is 0 Å². The third-order valence-electron chi connectivity index (χ3n) is 6.58. The van der Waals surface area contributed by atoms with E-state index in [1.807, 2.05) is 41.3 Å². The summed E-state index contributed by atoms with van der Waals surface area (Å²) >= 11 is 0. The Morgan fingerprint density at radius 2 is 1.77 bits per heavy atom. The molecule has 31 heavy (non-hydrogen) atoms. The second kappa shape index (κ2) is 7.65. The van der Waals surface area contributed by atoms with Gasteiger partial charge in [-0.3, -0.25) is 4.98 Å². The van der Waals surface area contributed by atoms with Crippen molar-refractivity contribution in [2.45, 2.75) is 38.5 Å². The zero-order valence-corrected chi connectivity index (χ0v) is 17.5. The predicted octanol–water partition coefficient (Wildman–Crippen LogP) is 6.06. The minimum atomic E-state index is 0.736. The molecule has 4 heterocycles. The molecular weight excluding hydrogens is 382 g/mol. The summed E-state index contributed by atoms with van der Waals surface area (Å²) in [6, 6.07) is 16.6. The van der Waals surface area contributed by atoms with Gasteiger partial charge in [0.25, 0.3) is 0 Å². The fourth-order valence-electron chi connectivity index (χ4n) is 4.93. The summed E-state index contributed by atoms with van der Waals surface area (Å²) in [5.41, 5.74) is 7.26. The number of hydrogen-bond acceptors (Lipinski definition) is 3. The molecule has 1 aliphatic carbocycles. The molecule has 0 atom stereocenters. The summed E-state index contributed by atoms with van der Waals surface area (Å²) in [4.78, 5) is 13.2. The highest BCUT2D eigenvalue weighted by Gasteiger charge is 2.20. The number of hydrogen-bond donors (Lipinski definition) is 1. The zero-order valence-electron chi connectivity index (χ0n) is 17.5. The summed E-state index contributed by atoms with van der Waals surface area (Å²) in [7, 11) is 0. The number of aromatic amines is 1. The maximum Gasteiger partial charge on any atom is 0.165 e. The molecule has 0 spiro atoms. The first-order valence-electron chi connectivity index (χ1n) is 11.2. The lowest BCUT2D eigenvalue weighted by Crippen LogP contribution is -2.11. The van der Waals surface area contributed by atoms with Crippen LogP contribution in [0.5, 0.6) is 0 Å². The molecule has 5 aromatic rings. The summed E-state index contributed by atoms with van der Waals surface area (Å²) in [6.07, 6.45) is 13.6. The molecule has 0 unspecified atom stereocenters. The van der Waals surface area contributed by atoms with Crippen LogP contribution in [0.1, 0.15) is 37.8 Å². The normalized spacial score (nSPS) is 15.1. The van der Waals surface area contributed by atoms with Crippen LogP contribution in [0.2, 0.25) is 0 Å². The van der Waals surface area contributed by atoms with Crippen LogP contribution in [-0.2, 0) is 6.42 Å². The predicted molar refractivity (Wildman–Crippen MR) is 124 cm³/mol. The molecule has 5 heteroatoms. The van der Waals surface area contributed by atoms with Gasteiger partial charge in [-0.05, 0) is 24.5 Å². The minimum absolute atomic E-state index is 0.736. The number of fused-ring (bicyclic) bond motifs is 3. The lowest BCUT2D eigenvalue weighted by atomic mass is 9.85. The second-order valence-corrected chi connectivity index (χ2v) is 8.60. The van der Waals surface area contributed by atoms with Crippen molar-refractivity contribution in [2.24, 2.45) is 5.92 Å². The van der Waals surface area contributed by atoms with E-state index in [9.17, 15) is 0 Å². The Bertz CT molecular complexity index is 1330. The lowest BCUT2D eigenvalue weighted by molar-refractivity contribution is 0.355. The third kappa shape index (κ3) is 3.30. The highest BCUT2D eigenvalue weighted by atomic mass is 15.3. The monoisotopic (exact) mass is 407 g/mol. The average Bonchev–Trinajstić information content (AvgIpc) is 3.48. The zero-order chi connectivity index (χ0) is 20.6. The van der Waals surface area contributed by atoms with Crippen molar-refractivity contribution in [2.75, 3.05) is 0 Å². The molecule has 1 aliphatic rings. The van der Waals surface area contributed by atoms with Gasteiger partial charge in [-0.25, -0.2) is 4.98 Å². The van der Waals surface area contributed by atoms with E-state index >= 15 is 0 Å². The van der Waals surface area contributed by atoms with E-state index in [4.69, 9.17) is 9.97 Å². The Morgan fingerprint density at radius 3 is 2.58 bits per heavy atom. The van der Waals surface area contributed by atoms with Crippen LogP contribution in [0.25, 0.3) is 39.1 Å². The van der Waals surface area contributed by atoms with E-state index in [2.05, 4.69) is 40.4 Å². The van der Waals surface area contributed by atoms with Crippen molar-refractivity contribution in [3.63, 3.8) is 0 Å². The first-order chi connectivity index (χ1) is 15.4. The van der Waals surface area contributed by atoms with E-state index in [0.717, 1.165) is 46.0 Å². The molecule has 154 valence electrons. The van der Waals surface area contributed by atoms with Gasteiger partial charge in [0, 0.05) is 34.5 Å². The smallest absolute Gasteiger partial charge is 0.165 e. The summed E-state index contributed by atoms with van der Waals surface area (Å²) in [5, 5.41) is 5.84. The van der Waals surface area contributed by atoms with Crippen LogP contribution in [0.4, 0.5) is 0 Å². The fraction of sp³-hybridized carbons (Fsp3) is 0.269. The number of nitrogens with zero attached hydrogens (tertiary/aromatic N) is 4. The first-order valence-corrected chi connectivity index (χ1v) is 11.2. The fourth-order valence-corrected chi connectivity index (χ4v) is 4.93. The Labute approximate surface area is 181 Å². The largest absolute Gasteiger partial charge is 0.346 e. The quantitative estimate of drug-likeness (QED) is 0.394. The van der Waals surface area contributed by atoms with Gasteiger partial charge in [-0.2, -0.15) is 9.61 Å². The number of rotatable bonds is 4. The van der Waals surface area contributed by atoms with Crippen molar-refractivity contribution in [1.29, 1.82) is 0 Å². The molecule has 1 aromatic carbocycles. The van der Waals surface area contributed by atoms with Crippen molar-refractivity contribution < 1.29 is 0 Å². The molecule has 0 radical (unpaired) electrons. The molecule has 5 nitrogen and oxygen atoms in total. The van der Waals surface area contributed by atoms with Crippen molar-refractivity contribution in [3.05, 3.63) is 72.8 Å². The Hall–Kier alpha value is -3.47. The molecule has 1 saturated carbocycles. The maximum atomic E-state index is 5.14. The van der Waals surface area contributed by atoms with Gasteiger partial charge < -0.3 is 4.98 Å². The van der Waals surface area contributed by atoms with Crippen LogP contribution in [0.3, 0.4) is 0 Å². The molecule has 0 amide bonds. The van der Waals surface area contributed by atoms with Crippen molar-refractivity contribution in [1.82, 2.24) is 24.6 Å². The van der Waals surface area contributed by atoms with E-state index < -0.39 is 0 Å². The molecule has 1 N–H and O–H groups in total. The third-order valence-corrected chi connectivity index (χ3v) is 6.58. The van der Waals surface area contributed by atoms with Crippen LogP contribution in [0.15, 0.2) is 67.1 Å². The average molecular weight is 408 g/mol. The summed E-state index contributed by atoms with van der Waals surface area (Å²) < 4.78 is 1.93. The summed E-state index contributed by atoms with van der Waals surface area (Å²) in [6.45, 7) is 0. The van der Waals surface area contributed by atoms with Gasteiger partial charge in [0.2, 0.25) is 0 Å². The van der Waals surface area contributed by atoms with E-state index in [1.54, 1.807) is 0 Å². The Kier molecular flexibility index (Phi) is 4.52. The SMILES string of the molecule is c1ccc(-c2ccc(-c3cnn4c3nc(CC3CCCCC3)c3cc[nH]c34)cn2)cc1. The van der Waals surface area contributed by atoms with E-state index in [0.29, 0.717) is 0 Å². The van der Waals surface area contributed by atoms with Crippen LogP contribution < -0.4 is 0 Å². The van der Waals surface area contributed by atoms with Crippen LogP contribution in [0, 0.1) is 5.92 Å². The van der Waals surface area contributed by atoms with Gasteiger partial charge >= 0.3 is 0 Å². The van der Waals surface area contributed by atoms with Crippen molar-refractivity contribution in [3.8, 4) is 22.4 Å². The minimum Gasteiger partial charge on any atom is -0.346 e. The number of pyridine rings is 1. The molecule has 0 aliphatic heterocycles. The van der Waals surface area contributed by atoms with Gasteiger partial charge in [-0.15, -0.1) is 0 Å². The Balaban J connectivity index is 1.42. The molecule has 0 saturated heterocycles. The number of benzene rings is 1. The maximum absolute atomic E-state index is 5.14. The molecule has 0 bridgehead atoms. The molecule has 1 fully saturated rings.